The molecule has 21 heavy (non-hydrogen) atoms. The van der Waals surface area contributed by atoms with E-state index in [0.717, 1.165) is 31.6 Å². The van der Waals surface area contributed by atoms with Crippen LogP contribution in [0.25, 0.3) is 0 Å². The van der Waals surface area contributed by atoms with Crippen LogP contribution in [0.5, 0.6) is 5.75 Å². The molecular formula is C18H25NOS. The summed E-state index contributed by atoms with van der Waals surface area (Å²) in [5, 5.41) is 3.60. The lowest BCUT2D eigenvalue weighted by Gasteiger charge is -2.18. The largest absolute Gasteiger partial charge is 0.492 e. The van der Waals surface area contributed by atoms with Gasteiger partial charge in [0.05, 0.1) is 0 Å². The Balaban J connectivity index is 1.90. The molecule has 0 aliphatic carbocycles. The Labute approximate surface area is 132 Å². The van der Waals surface area contributed by atoms with E-state index < -0.39 is 0 Å². The summed E-state index contributed by atoms with van der Waals surface area (Å²) >= 11 is 1.92. The highest BCUT2D eigenvalue weighted by molar-refractivity contribution is 7.11. The Morgan fingerprint density at radius 1 is 1.05 bits per heavy atom. The van der Waals surface area contributed by atoms with Crippen molar-refractivity contribution in [2.75, 3.05) is 13.2 Å². The number of nitrogens with one attached hydrogen (secondary N) is 1. The van der Waals surface area contributed by atoms with Crippen molar-refractivity contribution in [2.45, 2.75) is 39.2 Å². The zero-order chi connectivity index (χ0) is 14.9. The van der Waals surface area contributed by atoms with Crippen molar-refractivity contribution in [2.24, 2.45) is 0 Å². The van der Waals surface area contributed by atoms with Crippen molar-refractivity contribution in [1.29, 1.82) is 0 Å². The second-order valence-corrected chi connectivity index (χ2v) is 6.45. The third kappa shape index (κ3) is 5.52. The summed E-state index contributed by atoms with van der Waals surface area (Å²) in [7, 11) is 0. The van der Waals surface area contributed by atoms with E-state index in [2.05, 4.69) is 31.3 Å². The van der Waals surface area contributed by atoms with Crippen LogP contribution in [0.2, 0.25) is 0 Å². The first kappa shape index (κ1) is 16.1. The number of aryl methyl sites for hydroxylation is 1. The van der Waals surface area contributed by atoms with Gasteiger partial charge in [-0.15, -0.1) is 11.3 Å². The standard InChI is InChI=1S/C18H25NOS/c1-3-12-19-15(13-18-11-10-17(4-2)21-18)14-20-16-8-6-5-7-9-16/h5-11,15,19H,3-4,12-14H2,1-2H3. The van der Waals surface area contributed by atoms with Gasteiger partial charge < -0.3 is 10.1 Å². The minimum atomic E-state index is 0.369. The molecule has 0 bridgehead atoms. The fraction of sp³-hybridized carbons (Fsp3) is 0.444. The minimum absolute atomic E-state index is 0.369. The van der Waals surface area contributed by atoms with Crippen LogP contribution in [0, 0.1) is 0 Å². The monoisotopic (exact) mass is 303 g/mol. The summed E-state index contributed by atoms with van der Waals surface area (Å²) in [5.41, 5.74) is 0. The molecule has 0 radical (unpaired) electrons. The van der Waals surface area contributed by atoms with E-state index in [1.165, 1.54) is 9.75 Å². The molecule has 2 nitrogen and oxygen atoms in total. The first-order valence-electron chi connectivity index (χ1n) is 7.80. The molecule has 1 unspecified atom stereocenters. The number of ether oxygens (including phenoxy) is 1. The topological polar surface area (TPSA) is 21.3 Å². The van der Waals surface area contributed by atoms with Crippen LogP contribution >= 0.6 is 11.3 Å². The van der Waals surface area contributed by atoms with E-state index in [9.17, 15) is 0 Å². The summed E-state index contributed by atoms with van der Waals surface area (Å²) in [6.07, 6.45) is 3.31. The fourth-order valence-electron chi connectivity index (χ4n) is 2.22. The summed E-state index contributed by atoms with van der Waals surface area (Å²) in [4.78, 5) is 2.90. The highest BCUT2D eigenvalue weighted by Crippen LogP contribution is 2.19. The molecule has 0 fully saturated rings. The first-order valence-corrected chi connectivity index (χ1v) is 8.62. The Morgan fingerprint density at radius 2 is 1.81 bits per heavy atom. The number of hydrogen-bond donors (Lipinski definition) is 1. The number of rotatable bonds is 9. The molecular weight excluding hydrogens is 278 g/mol. The van der Waals surface area contributed by atoms with Gasteiger partial charge in [0.2, 0.25) is 0 Å². The zero-order valence-corrected chi connectivity index (χ0v) is 13.8. The second-order valence-electron chi connectivity index (χ2n) is 5.20. The maximum Gasteiger partial charge on any atom is 0.119 e. The summed E-state index contributed by atoms with van der Waals surface area (Å²) in [6.45, 7) is 6.15. The minimum Gasteiger partial charge on any atom is -0.492 e. The van der Waals surface area contributed by atoms with E-state index in [0.29, 0.717) is 12.6 Å². The van der Waals surface area contributed by atoms with Crippen molar-refractivity contribution < 1.29 is 4.74 Å². The molecule has 2 aromatic rings. The number of benzene rings is 1. The fourth-order valence-corrected chi connectivity index (χ4v) is 3.25. The lowest BCUT2D eigenvalue weighted by molar-refractivity contribution is 0.263. The molecule has 0 aliphatic rings. The first-order chi connectivity index (χ1) is 10.3. The molecule has 1 heterocycles. The van der Waals surface area contributed by atoms with Gasteiger partial charge in [-0.05, 0) is 43.7 Å². The van der Waals surface area contributed by atoms with Gasteiger partial charge in [-0.25, -0.2) is 0 Å². The van der Waals surface area contributed by atoms with Gasteiger partial charge in [0.15, 0.2) is 0 Å². The molecule has 114 valence electrons. The van der Waals surface area contributed by atoms with Crippen molar-refractivity contribution >= 4 is 11.3 Å². The lowest BCUT2D eigenvalue weighted by atomic mass is 10.2. The number of thiophene rings is 1. The normalized spacial score (nSPS) is 12.3. The summed E-state index contributed by atoms with van der Waals surface area (Å²) < 4.78 is 5.91. The van der Waals surface area contributed by atoms with Crippen molar-refractivity contribution in [3.8, 4) is 5.75 Å². The van der Waals surface area contributed by atoms with Crippen molar-refractivity contribution in [3.63, 3.8) is 0 Å². The van der Waals surface area contributed by atoms with E-state index in [-0.39, 0.29) is 0 Å². The second kappa shape index (κ2) is 8.85. The Bertz CT molecular complexity index is 509. The van der Waals surface area contributed by atoms with Crippen molar-refractivity contribution in [3.05, 3.63) is 52.2 Å². The van der Waals surface area contributed by atoms with Gasteiger partial charge in [0.1, 0.15) is 12.4 Å². The quantitative estimate of drug-likeness (QED) is 0.745. The average Bonchev–Trinajstić information content (AvgIpc) is 2.98. The molecule has 2 rings (SSSR count). The molecule has 1 N–H and O–H groups in total. The molecule has 0 aliphatic heterocycles. The van der Waals surface area contributed by atoms with Crippen LogP contribution in [0.15, 0.2) is 42.5 Å². The predicted molar refractivity (Wildman–Crippen MR) is 91.4 cm³/mol. The Morgan fingerprint density at radius 3 is 2.48 bits per heavy atom. The van der Waals surface area contributed by atoms with Crippen LogP contribution in [-0.4, -0.2) is 19.2 Å². The third-order valence-corrected chi connectivity index (χ3v) is 4.64. The Kier molecular flexibility index (Phi) is 6.77. The van der Waals surface area contributed by atoms with Gasteiger partial charge in [0, 0.05) is 22.2 Å². The number of para-hydroxylation sites is 1. The van der Waals surface area contributed by atoms with Gasteiger partial charge in [-0.1, -0.05) is 32.0 Å². The predicted octanol–water partition coefficient (Wildman–Crippen LogP) is 4.30. The maximum atomic E-state index is 5.91. The van der Waals surface area contributed by atoms with E-state index in [1.54, 1.807) is 0 Å². The molecule has 0 amide bonds. The van der Waals surface area contributed by atoms with Crippen LogP contribution in [0.1, 0.15) is 30.0 Å². The van der Waals surface area contributed by atoms with E-state index in [1.807, 2.05) is 41.7 Å². The van der Waals surface area contributed by atoms with Gasteiger partial charge in [-0.3, -0.25) is 0 Å². The summed E-state index contributed by atoms with van der Waals surface area (Å²) in [5.74, 6) is 0.946. The molecule has 1 atom stereocenters. The zero-order valence-electron chi connectivity index (χ0n) is 13.0. The van der Waals surface area contributed by atoms with Crippen LogP contribution in [0.4, 0.5) is 0 Å². The van der Waals surface area contributed by atoms with E-state index in [4.69, 9.17) is 4.74 Å². The third-order valence-electron chi connectivity index (χ3n) is 3.39. The van der Waals surface area contributed by atoms with Crippen molar-refractivity contribution in [1.82, 2.24) is 5.32 Å². The molecule has 3 heteroatoms. The molecule has 0 saturated heterocycles. The average molecular weight is 303 g/mol. The highest BCUT2D eigenvalue weighted by atomic mass is 32.1. The molecule has 0 saturated carbocycles. The molecule has 1 aromatic heterocycles. The smallest absolute Gasteiger partial charge is 0.119 e. The van der Waals surface area contributed by atoms with Gasteiger partial charge >= 0.3 is 0 Å². The summed E-state index contributed by atoms with van der Waals surface area (Å²) in [6, 6.07) is 14.9. The van der Waals surface area contributed by atoms with Crippen LogP contribution < -0.4 is 10.1 Å². The Hall–Kier alpha value is -1.32. The maximum absolute atomic E-state index is 5.91. The SMILES string of the molecule is CCCNC(COc1ccccc1)Cc1ccc(CC)s1. The highest BCUT2D eigenvalue weighted by Gasteiger charge is 2.11. The van der Waals surface area contributed by atoms with E-state index >= 15 is 0 Å². The van der Waals surface area contributed by atoms with Gasteiger partial charge in [-0.2, -0.15) is 0 Å². The lowest BCUT2D eigenvalue weighted by Crippen LogP contribution is -2.36. The number of hydrogen-bond acceptors (Lipinski definition) is 3. The molecule has 1 aromatic carbocycles. The van der Waals surface area contributed by atoms with Crippen LogP contribution in [-0.2, 0) is 12.8 Å². The molecule has 0 spiro atoms. The van der Waals surface area contributed by atoms with Gasteiger partial charge in [0.25, 0.3) is 0 Å². The van der Waals surface area contributed by atoms with Crippen LogP contribution in [0.3, 0.4) is 0 Å².